The molecule has 2 heterocycles. The maximum atomic E-state index is 13.2. The molecule has 0 saturated carbocycles. The van der Waals surface area contributed by atoms with Crippen molar-refractivity contribution in [2.75, 3.05) is 25.2 Å². The SMILES string of the molecule is O=C(Nc1ccc2c(c1)OCO2)C1CCN(C(=O)CC(c2ccccc2)c2ccccc2)CC1. The average molecular weight is 457 g/mol. The lowest BCUT2D eigenvalue weighted by atomic mass is 9.87. The van der Waals surface area contributed by atoms with Crippen LogP contribution >= 0.6 is 0 Å². The maximum absolute atomic E-state index is 13.2. The summed E-state index contributed by atoms with van der Waals surface area (Å²) in [4.78, 5) is 27.9. The quantitative estimate of drug-likeness (QED) is 0.578. The number of amides is 2. The number of hydrogen-bond acceptors (Lipinski definition) is 4. The molecule has 2 amide bonds. The molecule has 1 fully saturated rings. The van der Waals surface area contributed by atoms with Crippen LogP contribution in [0.5, 0.6) is 11.5 Å². The number of nitrogens with one attached hydrogen (secondary N) is 1. The lowest BCUT2D eigenvalue weighted by molar-refractivity contribution is -0.134. The molecular formula is C28H28N2O4. The molecule has 0 atom stereocenters. The molecule has 0 aliphatic carbocycles. The highest BCUT2D eigenvalue weighted by Gasteiger charge is 2.29. The Kier molecular flexibility index (Phi) is 6.47. The molecule has 6 nitrogen and oxygen atoms in total. The second-order valence-corrected chi connectivity index (χ2v) is 8.79. The van der Waals surface area contributed by atoms with Crippen molar-refractivity contribution in [3.63, 3.8) is 0 Å². The topological polar surface area (TPSA) is 67.9 Å². The van der Waals surface area contributed by atoms with E-state index in [1.807, 2.05) is 47.4 Å². The second-order valence-electron chi connectivity index (χ2n) is 8.79. The lowest BCUT2D eigenvalue weighted by Crippen LogP contribution is -2.41. The van der Waals surface area contributed by atoms with Crippen LogP contribution in [0.15, 0.2) is 78.9 Å². The number of likely N-dealkylation sites (tertiary alicyclic amines) is 1. The first-order valence-electron chi connectivity index (χ1n) is 11.8. The van der Waals surface area contributed by atoms with Crippen LogP contribution in [0, 0.1) is 5.92 Å². The van der Waals surface area contributed by atoms with Gasteiger partial charge in [0.25, 0.3) is 0 Å². The number of carbonyl (C=O) groups is 2. The lowest BCUT2D eigenvalue weighted by Gasteiger charge is -2.32. The van der Waals surface area contributed by atoms with Crippen molar-refractivity contribution < 1.29 is 19.1 Å². The summed E-state index contributed by atoms with van der Waals surface area (Å²) >= 11 is 0. The van der Waals surface area contributed by atoms with Gasteiger partial charge in [0.15, 0.2) is 11.5 Å². The highest BCUT2D eigenvalue weighted by molar-refractivity contribution is 5.93. The van der Waals surface area contributed by atoms with Crippen molar-refractivity contribution in [1.29, 1.82) is 0 Å². The Morgan fingerprint density at radius 3 is 2.12 bits per heavy atom. The summed E-state index contributed by atoms with van der Waals surface area (Å²) in [6, 6.07) is 25.8. The minimum atomic E-state index is -0.117. The van der Waals surface area contributed by atoms with Gasteiger partial charge in [0.1, 0.15) is 0 Å². The Bertz CT molecular complexity index is 1100. The second kappa shape index (κ2) is 10.00. The van der Waals surface area contributed by atoms with Crippen LogP contribution < -0.4 is 14.8 Å². The van der Waals surface area contributed by atoms with Crippen LogP contribution in [-0.2, 0) is 9.59 Å². The number of hydrogen-bond donors (Lipinski definition) is 1. The van der Waals surface area contributed by atoms with Gasteiger partial charge in [-0.25, -0.2) is 0 Å². The van der Waals surface area contributed by atoms with Gasteiger partial charge in [-0.2, -0.15) is 0 Å². The number of carbonyl (C=O) groups excluding carboxylic acids is 2. The molecule has 1 N–H and O–H groups in total. The van der Waals surface area contributed by atoms with Gasteiger partial charge in [0.05, 0.1) is 0 Å². The van der Waals surface area contributed by atoms with E-state index in [1.165, 1.54) is 0 Å². The summed E-state index contributed by atoms with van der Waals surface area (Å²) in [6.45, 7) is 1.39. The number of rotatable bonds is 6. The molecular weight excluding hydrogens is 428 g/mol. The standard InChI is InChI=1S/C28H28N2O4/c31-27(18-24(20-7-3-1-4-8-20)21-9-5-2-6-10-21)30-15-13-22(14-16-30)28(32)29-23-11-12-25-26(17-23)34-19-33-25/h1-12,17,22,24H,13-16,18-19H2,(H,29,32). The van der Waals surface area contributed by atoms with Gasteiger partial charge in [0, 0.05) is 43.1 Å². The Balaban J connectivity index is 1.18. The zero-order chi connectivity index (χ0) is 23.3. The molecule has 2 aliphatic heterocycles. The first kappa shape index (κ1) is 22.0. The molecule has 34 heavy (non-hydrogen) atoms. The zero-order valence-corrected chi connectivity index (χ0v) is 19.0. The first-order chi connectivity index (χ1) is 16.7. The molecule has 1 saturated heterocycles. The molecule has 0 radical (unpaired) electrons. The van der Waals surface area contributed by atoms with Crippen LogP contribution in [0.25, 0.3) is 0 Å². The van der Waals surface area contributed by atoms with Crippen LogP contribution in [0.1, 0.15) is 36.3 Å². The summed E-state index contributed by atoms with van der Waals surface area (Å²) in [5, 5.41) is 2.98. The number of ether oxygens (including phenoxy) is 2. The summed E-state index contributed by atoms with van der Waals surface area (Å²) in [6.07, 6.45) is 1.73. The molecule has 0 unspecified atom stereocenters. The molecule has 2 aliphatic rings. The zero-order valence-electron chi connectivity index (χ0n) is 19.0. The Hall–Kier alpha value is -3.80. The third-order valence-electron chi connectivity index (χ3n) is 6.64. The van der Waals surface area contributed by atoms with E-state index >= 15 is 0 Å². The molecule has 3 aromatic rings. The van der Waals surface area contributed by atoms with E-state index in [4.69, 9.17) is 9.47 Å². The van der Waals surface area contributed by atoms with E-state index in [0.29, 0.717) is 49.5 Å². The minimum Gasteiger partial charge on any atom is -0.454 e. The summed E-state index contributed by atoms with van der Waals surface area (Å²) < 4.78 is 10.7. The fourth-order valence-electron chi connectivity index (χ4n) is 4.71. The highest BCUT2D eigenvalue weighted by Crippen LogP contribution is 2.35. The number of benzene rings is 3. The average Bonchev–Trinajstić information content (AvgIpc) is 3.36. The summed E-state index contributed by atoms with van der Waals surface area (Å²) in [7, 11) is 0. The molecule has 0 bridgehead atoms. The number of piperidine rings is 1. The van der Waals surface area contributed by atoms with Gasteiger partial charge in [-0.05, 0) is 36.1 Å². The van der Waals surface area contributed by atoms with Crippen LogP contribution in [0.3, 0.4) is 0 Å². The van der Waals surface area contributed by atoms with E-state index in [-0.39, 0.29) is 30.4 Å². The van der Waals surface area contributed by atoms with Crippen LogP contribution in [0.2, 0.25) is 0 Å². The van der Waals surface area contributed by atoms with Gasteiger partial charge in [-0.15, -0.1) is 0 Å². The normalized spacial score (nSPS) is 15.4. The Morgan fingerprint density at radius 2 is 1.47 bits per heavy atom. The van der Waals surface area contributed by atoms with E-state index < -0.39 is 0 Å². The van der Waals surface area contributed by atoms with E-state index in [9.17, 15) is 9.59 Å². The van der Waals surface area contributed by atoms with Gasteiger partial charge < -0.3 is 19.7 Å². The Morgan fingerprint density at radius 1 is 0.853 bits per heavy atom. The highest BCUT2D eigenvalue weighted by atomic mass is 16.7. The summed E-state index contributed by atoms with van der Waals surface area (Å²) in [5.41, 5.74) is 2.97. The van der Waals surface area contributed by atoms with Crippen LogP contribution in [-0.4, -0.2) is 36.6 Å². The van der Waals surface area contributed by atoms with Crippen molar-refractivity contribution in [3.8, 4) is 11.5 Å². The third kappa shape index (κ3) is 4.91. The third-order valence-corrected chi connectivity index (χ3v) is 6.64. The van der Waals surface area contributed by atoms with Crippen molar-refractivity contribution in [1.82, 2.24) is 4.90 Å². The van der Waals surface area contributed by atoms with Gasteiger partial charge in [-0.1, -0.05) is 60.7 Å². The number of fused-ring (bicyclic) bond motifs is 1. The van der Waals surface area contributed by atoms with E-state index in [1.54, 1.807) is 12.1 Å². The molecule has 6 heteroatoms. The molecule has 0 spiro atoms. The fourth-order valence-corrected chi connectivity index (χ4v) is 4.71. The maximum Gasteiger partial charge on any atom is 0.231 e. The fraction of sp³-hybridized carbons (Fsp3) is 0.286. The van der Waals surface area contributed by atoms with Crippen molar-refractivity contribution in [2.45, 2.75) is 25.2 Å². The predicted octanol–water partition coefficient (Wildman–Crippen LogP) is 4.81. The van der Waals surface area contributed by atoms with E-state index in [2.05, 4.69) is 29.6 Å². The first-order valence-corrected chi connectivity index (χ1v) is 11.8. The van der Waals surface area contributed by atoms with Crippen molar-refractivity contribution >= 4 is 17.5 Å². The largest absolute Gasteiger partial charge is 0.454 e. The number of anilines is 1. The van der Waals surface area contributed by atoms with Gasteiger partial charge in [0.2, 0.25) is 18.6 Å². The predicted molar refractivity (Wildman–Crippen MR) is 130 cm³/mol. The molecule has 174 valence electrons. The molecule has 5 rings (SSSR count). The number of nitrogens with zero attached hydrogens (tertiary/aromatic N) is 1. The summed E-state index contributed by atoms with van der Waals surface area (Å²) in [5.74, 6) is 1.35. The smallest absolute Gasteiger partial charge is 0.231 e. The van der Waals surface area contributed by atoms with E-state index in [0.717, 1.165) is 11.1 Å². The monoisotopic (exact) mass is 456 g/mol. The minimum absolute atomic E-state index is 0.0157. The molecule has 3 aromatic carbocycles. The van der Waals surface area contributed by atoms with Crippen molar-refractivity contribution in [2.24, 2.45) is 5.92 Å². The van der Waals surface area contributed by atoms with Gasteiger partial charge >= 0.3 is 0 Å². The van der Waals surface area contributed by atoms with Crippen molar-refractivity contribution in [3.05, 3.63) is 90.0 Å². The molecule has 0 aromatic heterocycles. The van der Waals surface area contributed by atoms with Gasteiger partial charge in [-0.3, -0.25) is 9.59 Å². The van der Waals surface area contributed by atoms with Crippen LogP contribution in [0.4, 0.5) is 5.69 Å². The Labute approximate surface area is 199 Å².